The molecule has 2 heterocycles. The van der Waals surface area contributed by atoms with Crippen molar-refractivity contribution in [3.63, 3.8) is 0 Å². The Bertz CT molecular complexity index is 335. The van der Waals surface area contributed by atoms with Gasteiger partial charge in [-0.2, -0.15) is 0 Å². The number of ether oxygens (including phenoxy) is 1. The zero-order valence-electron chi connectivity index (χ0n) is 10.9. The van der Waals surface area contributed by atoms with Gasteiger partial charge in [0, 0.05) is 13.0 Å². The van der Waals surface area contributed by atoms with Gasteiger partial charge in [-0.25, -0.2) is 0 Å². The molecule has 2 fully saturated rings. The fourth-order valence-electron chi connectivity index (χ4n) is 2.37. The fourth-order valence-corrected chi connectivity index (χ4v) is 2.37. The summed E-state index contributed by atoms with van der Waals surface area (Å²) < 4.78 is 5.63. The lowest BCUT2D eigenvalue weighted by atomic mass is 10.1. The molecule has 0 aromatic carbocycles. The summed E-state index contributed by atoms with van der Waals surface area (Å²) >= 11 is 0. The number of nitrogens with one attached hydrogen (secondary N) is 2. The van der Waals surface area contributed by atoms with E-state index in [0.29, 0.717) is 13.0 Å². The summed E-state index contributed by atoms with van der Waals surface area (Å²) in [5.74, 6) is -0.153. The molecule has 0 radical (unpaired) electrons. The molecule has 2 aliphatic rings. The molecule has 0 bridgehead atoms. The highest BCUT2D eigenvalue weighted by atomic mass is 16.5. The van der Waals surface area contributed by atoms with Crippen molar-refractivity contribution in [2.45, 2.75) is 44.5 Å². The van der Waals surface area contributed by atoms with E-state index in [2.05, 4.69) is 10.6 Å². The third-order valence-electron chi connectivity index (χ3n) is 3.64. The number of amides is 2. The second kappa shape index (κ2) is 5.67. The number of hydrogen-bond acceptors (Lipinski definition) is 4. The first kappa shape index (κ1) is 13.3. The maximum Gasteiger partial charge on any atom is 0.247 e. The number of hydrogen-bond donors (Lipinski definition) is 2. The Morgan fingerprint density at radius 2 is 2.28 bits per heavy atom. The third kappa shape index (κ3) is 2.64. The van der Waals surface area contributed by atoms with E-state index in [9.17, 15) is 9.59 Å². The average Bonchev–Trinajstić information content (AvgIpc) is 2.78. The predicted molar refractivity (Wildman–Crippen MR) is 65.8 cm³/mol. The van der Waals surface area contributed by atoms with Gasteiger partial charge in [0.1, 0.15) is 12.3 Å². The van der Waals surface area contributed by atoms with Gasteiger partial charge in [-0.1, -0.05) is 0 Å². The molecule has 18 heavy (non-hydrogen) atoms. The first-order valence-electron chi connectivity index (χ1n) is 6.53. The predicted octanol–water partition coefficient (Wildman–Crippen LogP) is -0.552. The van der Waals surface area contributed by atoms with Gasteiger partial charge in [-0.3, -0.25) is 9.59 Å². The molecule has 6 nitrogen and oxygen atoms in total. The molecular weight excluding hydrogens is 234 g/mol. The van der Waals surface area contributed by atoms with Crippen LogP contribution in [0.4, 0.5) is 0 Å². The van der Waals surface area contributed by atoms with Crippen molar-refractivity contribution in [3.8, 4) is 0 Å². The molecule has 6 heteroatoms. The molecule has 0 aliphatic carbocycles. The molecular formula is C12H21N3O3. The van der Waals surface area contributed by atoms with Gasteiger partial charge >= 0.3 is 0 Å². The molecule has 2 amide bonds. The summed E-state index contributed by atoms with van der Waals surface area (Å²) in [4.78, 5) is 25.8. The smallest absolute Gasteiger partial charge is 0.247 e. The second-order valence-corrected chi connectivity index (χ2v) is 4.86. The maximum atomic E-state index is 12.3. The van der Waals surface area contributed by atoms with Gasteiger partial charge in [0.05, 0.1) is 12.6 Å². The zero-order chi connectivity index (χ0) is 13.1. The summed E-state index contributed by atoms with van der Waals surface area (Å²) in [5.41, 5.74) is 0. The topological polar surface area (TPSA) is 70.7 Å². The standard InChI is InChI=1S/C12H21N3O3/c1-8(13-2)11(16)14-9-5-7-18-10-4-3-6-15(10)12(9)17/h8-10,13H,3-7H2,1-2H3,(H,14,16). The van der Waals surface area contributed by atoms with E-state index in [0.717, 1.165) is 19.4 Å². The monoisotopic (exact) mass is 255 g/mol. The SMILES string of the molecule is CNC(C)C(=O)NC1CCOC2CCCN2C1=O. The van der Waals surface area contributed by atoms with Crippen molar-refractivity contribution in [1.29, 1.82) is 0 Å². The van der Waals surface area contributed by atoms with Gasteiger partial charge in [-0.15, -0.1) is 0 Å². The number of carbonyl (C=O) groups excluding carboxylic acids is 2. The van der Waals surface area contributed by atoms with Crippen LogP contribution in [0.3, 0.4) is 0 Å². The molecule has 0 saturated carbocycles. The van der Waals surface area contributed by atoms with Crippen molar-refractivity contribution in [2.24, 2.45) is 0 Å². The molecule has 2 N–H and O–H groups in total. The molecule has 2 aliphatic heterocycles. The Hall–Kier alpha value is -1.14. The van der Waals surface area contributed by atoms with Crippen molar-refractivity contribution < 1.29 is 14.3 Å². The number of carbonyl (C=O) groups is 2. The second-order valence-electron chi connectivity index (χ2n) is 4.86. The molecule has 0 aromatic rings. The van der Waals surface area contributed by atoms with Crippen molar-refractivity contribution in [2.75, 3.05) is 20.2 Å². The lowest BCUT2D eigenvalue weighted by Crippen LogP contribution is -2.52. The lowest BCUT2D eigenvalue weighted by molar-refractivity contribution is -0.141. The number of nitrogens with zero attached hydrogens (tertiary/aromatic N) is 1. The third-order valence-corrected chi connectivity index (χ3v) is 3.64. The van der Waals surface area contributed by atoms with Crippen molar-refractivity contribution in [1.82, 2.24) is 15.5 Å². The maximum absolute atomic E-state index is 12.3. The Morgan fingerprint density at radius 3 is 3.00 bits per heavy atom. The van der Waals surface area contributed by atoms with E-state index >= 15 is 0 Å². The Kier molecular flexibility index (Phi) is 4.19. The minimum Gasteiger partial charge on any atom is -0.358 e. The summed E-state index contributed by atoms with van der Waals surface area (Å²) in [6.07, 6.45) is 2.35. The van der Waals surface area contributed by atoms with Crippen molar-refractivity contribution >= 4 is 11.8 Å². The summed E-state index contributed by atoms with van der Waals surface area (Å²) in [7, 11) is 1.72. The molecule has 2 saturated heterocycles. The van der Waals surface area contributed by atoms with Crippen LogP contribution in [0.5, 0.6) is 0 Å². The first-order chi connectivity index (χ1) is 8.63. The summed E-state index contributed by atoms with van der Waals surface area (Å²) in [6, 6.07) is -0.743. The van der Waals surface area contributed by atoms with Crippen LogP contribution in [0.1, 0.15) is 26.2 Å². The van der Waals surface area contributed by atoms with Gasteiger partial charge in [0.25, 0.3) is 0 Å². The Balaban J connectivity index is 1.99. The van der Waals surface area contributed by atoms with Gasteiger partial charge in [0.2, 0.25) is 11.8 Å². The molecule has 2 rings (SSSR count). The van der Waals surface area contributed by atoms with Crippen LogP contribution in [0.2, 0.25) is 0 Å². The van der Waals surface area contributed by atoms with Gasteiger partial charge in [0.15, 0.2) is 0 Å². The number of likely N-dealkylation sites (N-methyl/N-ethyl adjacent to an activating group) is 1. The number of rotatable bonds is 3. The van der Waals surface area contributed by atoms with Crippen LogP contribution >= 0.6 is 0 Å². The minimum atomic E-state index is -0.448. The molecule has 0 spiro atoms. The van der Waals surface area contributed by atoms with E-state index < -0.39 is 6.04 Å². The van der Waals surface area contributed by atoms with Crippen LogP contribution in [0, 0.1) is 0 Å². The first-order valence-corrected chi connectivity index (χ1v) is 6.53. The van der Waals surface area contributed by atoms with Crippen LogP contribution < -0.4 is 10.6 Å². The van der Waals surface area contributed by atoms with E-state index in [-0.39, 0.29) is 24.1 Å². The van der Waals surface area contributed by atoms with E-state index in [4.69, 9.17) is 4.74 Å². The quantitative estimate of drug-likeness (QED) is 0.710. The van der Waals surface area contributed by atoms with Crippen LogP contribution in [-0.4, -0.2) is 55.2 Å². The largest absolute Gasteiger partial charge is 0.358 e. The molecule has 3 atom stereocenters. The average molecular weight is 255 g/mol. The Labute approximate surface area is 107 Å². The highest BCUT2D eigenvalue weighted by Crippen LogP contribution is 2.22. The molecule has 102 valence electrons. The normalized spacial score (nSPS) is 29.7. The van der Waals surface area contributed by atoms with Crippen LogP contribution in [0.15, 0.2) is 0 Å². The summed E-state index contributed by atoms with van der Waals surface area (Å²) in [6.45, 7) is 3.02. The summed E-state index contributed by atoms with van der Waals surface area (Å²) in [5, 5.41) is 5.66. The van der Waals surface area contributed by atoms with E-state index in [1.807, 2.05) is 0 Å². The lowest BCUT2D eigenvalue weighted by Gasteiger charge is -2.25. The fraction of sp³-hybridized carbons (Fsp3) is 0.833. The van der Waals surface area contributed by atoms with Crippen LogP contribution in [0.25, 0.3) is 0 Å². The van der Waals surface area contributed by atoms with E-state index in [1.54, 1.807) is 18.9 Å². The minimum absolute atomic E-state index is 0.00773. The van der Waals surface area contributed by atoms with Crippen LogP contribution in [-0.2, 0) is 14.3 Å². The van der Waals surface area contributed by atoms with Crippen molar-refractivity contribution in [3.05, 3.63) is 0 Å². The highest BCUT2D eigenvalue weighted by Gasteiger charge is 2.37. The molecule has 0 aromatic heterocycles. The zero-order valence-corrected chi connectivity index (χ0v) is 10.9. The Morgan fingerprint density at radius 1 is 1.50 bits per heavy atom. The molecule has 3 unspecified atom stereocenters. The van der Waals surface area contributed by atoms with E-state index in [1.165, 1.54) is 0 Å². The van der Waals surface area contributed by atoms with Gasteiger partial charge < -0.3 is 20.3 Å². The highest BCUT2D eigenvalue weighted by molar-refractivity contribution is 5.89. The van der Waals surface area contributed by atoms with Gasteiger partial charge in [-0.05, 0) is 26.8 Å². The number of fused-ring (bicyclic) bond motifs is 1.